The standard InChI is InChI=1S/C14H13NO2S2/c1-10-4-5-12(19-10)9-15-14(17)13-11(3-2-7-16)6-8-18-13/h4-6,8,16H,7,9H2,1H3,(H,15,17). The molecule has 0 aliphatic rings. The topological polar surface area (TPSA) is 49.3 Å². The van der Waals surface area contributed by atoms with Crippen LogP contribution in [-0.2, 0) is 6.54 Å². The van der Waals surface area contributed by atoms with E-state index in [4.69, 9.17) is 5.11 Å². The molecule has 2 rings (SSSR count). The quantitative estimate of drug-likeness (QED) is 0.853. The maximum Gasteiger partial charge on any atom is 0.262 e. The molecule has 0 unspecified atom stereocenters. The summed E-state index contributed by atoms with van der Waals surface area (Å²) in [7, 11) is 0. The van der Waals surface area contributed by atoms with E-state index in [0.717, 1.165) is 4.88 Å². The van der Waals surface area contributed by atoms with Crippen molar-refractivity contribution in [3.8, 4) is 11.8 Å². The molecule has 3 nitrogen and oxygen atoms in total. The number of carbonyl (C=O) groups excluding carboxylic acids is 1. The van der Waals surface area contributed by atoms with Gasteiger partial charge in [-0.3, -0.25) is 4.79 Å². The van der Waals surface area contributed by atoms with E-state index in [0.29, 0.717) is 17.0 Å². The van der Waals surface area contributed by atoms with Crippen LogP contribution >= 0.6 is 22.7 Å². The van der Waals surface area contributed by atoms with E-state index in [-0.39, 0.29) is 12.5 Å². The molecule has 19 heavy (non-hydrogen) atoms. The first-order chi connectivity index (χ1) is 9.20. The molecule has 0 aliphatic carbocycles. The predicted octanol–water partition coefficient (Wildman–Crippen LogP) is 2.39. The van der Waals surface area contributed by atoms with Crippen molar-refractivity contribution in [2.75, 3.05) is 6.61 Å². The van der Waals surface area contributed by atoms with E-state index in [1.807, 2.05) is 24.4 Å². The number of thiophene rings is 2. The van der Waals surface area contributed by atoms with Gasteiger partial charge in [0.25, 0.3) is 5.91 Å². The van der Waals surface area contributed by atoms with E-state index >= 15 is 0 Å². The SMILES string of the molecule is Cc1ccc(CNC(=O)c2sccc2C#CCO)s1. The van der Waals surface area contributed by atoms with Crippen LogP contribution in [0.5, 0.6) is 0 Å². The molecule has 0 radical (unpaired) electrons. The highest BCUT2D eigenvalue weighted by atomic mass is 32.1. The Morgan fingerprint density at radius 3 is 2.95 bits per heavy atom. The minimum absolute atomic E-state index is 0.122. The van der Waals surface area contributed by atoms with Gasteiger partial charge < -0.3 is 10.4 Å². The molecule has 0 aliphatic heterocycles. The Bertz CT molecular complexity index is 631. The van der Waals surface area contributed by atoms with Crippen molar-refractivity contribution in [3.63, 3.8) is 0 Å². The van der Waals surface area contributed by atoms with Gasteiger partial charge in [-0.25, -0.2) is 0 Å². The molecule has 0 saturated carbocycles. The van der Waals surface area contributed by atoms with Gasteiger partial charge in [0.1, 0.15) is 11.5 Å². The van der Waals surface area contributed by atoms with E-state index in [2.05, 4.69) is 17.2 Å². The average molecular weight is 291 g/mol. The molecule has 0 fully saturated rings. The molecule has 0 saturated heterocycles. The van der Waals surface area contributed by atoms with E-state index in [9.17, 15) is 4.79 Å². The fraction of sp³-hybridized carbons (Fsp3) is 0.214. The molecule has 2 heterocycles. The number of carbonyl (C=O) groups is 1. The largest absolute Gasteiger partial charge is 0.384 e. The maximum atomic E-state index is 12.0. The third kappa shape index (κ3) is 3.67. The first-order valence-corrected chi connectivity index (χ1v) is 7.41. The normalized spacial score (nSPS) is 9.79. The van der Waals surface area contributed by atoms with Crippen LogP contribution in [0.2, 0.25) is 0 Å². The van der Waals surface area contributed by atoms with Crippen molar-refractivity contribution in [3.05, 3.63) is 43.8 Å². The Labute approximate surface area is 119 Å². The smallest absolute Gasteiger partial charge is 0.262 e. The van der Waals surface area contributed by atoms with Crippen molar-refractivity contribution in [2.24, 2.45) is 0 Å². The monoisotopic (exact) mass is 291 g/mol. The lowest BCUT2D eigenvalue weighted by molar-refractivity contribution is 0.0955. The summed E-state index contributed by atoms with van der Waals surface area (Å²) >= 11 is 3.03. The summed E-state index contributed by atoms with van der Waals surface area (Å²) < 4.78 is 0. The van der Waals surface area contributed by atoms with Crippen LogP contribution in [-0.4, -0.2) is 17.6 Å². The molecular weight excluding hydrogens is 278 g/mol. The Morgan fingerprint density at radius 2 is 2.26 bits per heavy atom. The van der Waals surface area contributed by atoms with Gasteiger partial charge in [-0.05, 0) is 30.5 Å². The zero-order valence-electron chi connectivity index (χ0n) is 10.4. The van der Waals surface area contributed by atoms with Gasteiger partial charge in [0.05, 0.1) is 6.54 Å². The lowest BCUT2D eigenvalue weighted by Crippen LogP contribution is -2.22. The van der Waals surface area contributed by atoms with Gasteiger partial charge in [0, 0.05) is 15.3 Å². The van der Waals surface area contributed by atoms with Gasteiger partial charge >= 0.3 is 0 Å². The van der Waals surface area contributed by atoms with Crippen molar-refractivity contribution < 1.29 is 9.90 Å². The molecule has 1 amide bonds. The maximum absolute atomic E-state index is 12.0. The second kappa shape index (κ2) is 6.53. The van der Waals surface area contributed by atoms with E-state index < -0.39 is 0 Å². The van der Waals surface area contributed by atoms with Crippen LogP contribution in [0.3, 0.4) is 0 Å². The number of hydrogen-bond acceptors (Lipinski definition) is 4. The molecule has 0 spiro atoms. The first-order valence-electron chi connectivity index (χ1n) is 5.71. The minimum atomic E-state index is -0.203. The van der Waals surface area contributed by atoms with Gasteiger partial charge in [-0.1, -0.05) is 11.8 Å². The van der Waals surface area contributed by atoms with Crippen molar-refractivity contribution in [1.29, 1.82) is 0 Å². The summed E-state index contributed by atoms with van der Waals surface area (Å²) in [6.07, 6.45) is 0. The number of aryl methyl sites for hydroxylation is 1. The van der Waals surface area contributed by atoms with Crippen LogP contribution in [0.15, 0.2) is 23.6 Å². The van der Waals surface area contributed by atoms with Crippen molar-refractivity contribution in [1.82, 2.24) is 5.32 Å². The summed E-state index contributed by atoms with van der Waals surface area (Å²) in [6, 6.07) is 5.84. The number of aliphatic hydroxyl groups excluding tert-OH is 1. The summed E-state index contributed by atoms with van der Waals surface area (Å²) in [6.45, 7) is 2.37. The summed E-state index contributed by atoms with van der Waals surface area (Å²) in [5.41, 5.74) is 0.666. The van der Waals surface area contributed by atoms with Crippen molar-refractivity contribution >= 4 is 28.6 Å². The average Bonchev–Trinajstić information content (AvgIpc) is 3.02. The molecule has 98 valence electrons. The highest BCUT2D eigenvalue weighted by Crippen LogP contribution is 2.17. The molecule has 0 aromatic carbocycles. The molecule has 2 aromatic heterocycles. The third-order valence-corrected chi connectivity index (χ3v) is 4.31. The van der Waals surface area contributed by atoms with Crippen LogP contribution < -0.4 is 5.32 Å². The zero-order valence-corrected chi connectivity index (χ0v) is 12.0. The summed E-state index contributed by atoms with van der Waals surface area (Å²) in [4.78, 5) is 15.0. The molecule has 2 N–H and O–H groups in total. The van der Waals surface area contributed by atoms with Crippen molar-refractivity contribution in [2.45, 2.75) is 13.5 Å². The number of hydrogen-bond donors (Lipinski definition) is 2. The Morgan fingerprint density at radius 1 is 1.42 bits per heavy atom. The third-order valence-electron chi connectivity index (χ3n) is 2.39. The number of rotatable bonds is 3. The van der Waals surface area contributed by atoms with Crippen LogP contribution in [0.1, 0.15) is 25.0 Å². The fourth-order valence-electron chi connectivity index (χ4n) is 1.55. The van der Waals surface area contributed by atoms with Gasteiger partial charge in [-0.2, -0.15) is 0 Å². The zero-order chi connectivity index (χ0) is 13.7. The lowest BCUT2D eigenvalue weighted by atomic mass is 10.2. The van der Waals surface area contributed by atoms with Crippen LogP contribution in [0.25, 0.3) is 0 Å². The summed E-state index contributed by atoms with van der Waals surface area (Å²) in [5, 5.41) is 13.4. The van der Waals surface area contributed by atoms with E-state index in [1.54, 1.807) is 17.4 Å². The highest BCUT2D eigenvalue weighted by molar-refractivity contribution is 7.12. The number of amides is 1. The molecular formula is C14H13NO2S2. The van der Waals surface area contributed by atoms with Crippen LogP contribution in [0, 0.1) is 18.8 Å². The number of aliphatic hydroxyl groups is 1. The minimum Gasteiger partial charge on any atom is -0.384 e. The van der Waals surface area contributed by atoms with Gasteiger partial charge in [0.15, 0.2) is 0 Å². The fourth-order valence-corrected chi connectivity index (χ4v) is 3.14. The molecule has 0 atom stereocenters. The molecule has 5 heteroatoms. The second-order valence-electron chi connectivity index (χ2n) is 3.82. The second-order valence-corrected chi connectivity index (χ2v) is 6.11. The van der Waals surface area contributed by atoms with Gasteiger partial charge in [0.2, 0.25) is 0 Å². The van der Waals surface area contributed by atoms with Crippen LogP contribution in [0.4, 0.5) is 0 Å². The Kier molecular flexibility index (Phi) is 4.74. The molecule has 2 aromatic rings. The summed E-state index contributed by atoms with van der Waals surface area (Å²) in [5.74, 6) is 5.21. The lowest BCUT2D eigenvalue weighted by Gasteiger charge is -2.02. The Hall–Kier alpha value is -1.61. The van der Waals surface area contributed by atoms with Gasteiger partial charge in [-0.15, -0.1) is 22.7 Å². The molecule has 0 bridgehead atoms. The Balaban J connectivity index is 2.02. The first kappa shape index (κ1) is 13.8. The highest BCUT2D eigenvalue weighted by Gasteiger charge is 2.11. The number of nitrogens with one attached hydrogen (secondary N) is 1. The van der Waals surface area contributed by atoms with E-state index in [1.165, 1.54) is 16.2 Å². The predicted molar refractivity (Wildman–Crippen MR) is 78.5 cm³/mol.